The van der Waals surface area contributed by atoms with E-state index < -0.39 is 11.7 Å². The van der Waals surface area contributed by atoms with Gasteiger partial charge in [-0.2, -0.15) is 13.2 Å². The van der Waals surface area contributed by atoms with Crippen LogP contribution in [0.1, 0.15) is 36.6 Å². The van der Waals surface area contributed by atoms with Crippen LogP contribution in [0.15, 0.2) is 42.6 Å². The molecule has 150 valence electrons. The van der Waals surface area contributed by atoms with E-state index in [1.165, 1.54) is 12.1 Å². The molecule has 1 aliphatic heterocycles. The van der Waals surface area contributed by atoms with E-state index in [0.29, 0.717) is 22.9 Å². The number of hydrogen-bond acceptors (Lipinski definition) is 3. The third-order valence-corrected chi connectivity index (χ3v) is 5.08. The van der Waals surface area contributed by atoms with E-state index in [4.69, 9.17) is 0 Å². The lowest BCUT2D eigenvalue weighted by molar-refractivity contribution is -0.137. The van der Waals surface area contributed by atoms with E-state index in [1.54, 1.807) is 24.4 Å². The number of rotatable bonds is 5. The van der Waals surface area contributed by atoms with Crippen molar-refractivity contribution >= 4 is 11.6 Å². The van der Waals surface area contributed by atoms with Gasteiger partial charge in [0.1, 0.15) is 0 Å². The van der Waals surface area contributed by atoms with Crippen LogP contribution in [-0.4, -0.2) is 24.0 Å². The number of anilines is 1. The molecule has 0 bridgehead atoms. The SMILES string of the molecule is CC1CCN(c2cc(C(F)(F)F)ccc2CNC(=O)Cc2ccccn2)CC1. The number of carbonyl (C=O) groups excluding carboxylic acids is 1. The van der Waals surface area contributed by atoms with Crippen molar-refractivity contribution in [3.63, 3.8) is 0 Å². The fraction of sp³-hybridized carbons (Fsp3) is 0.429. The van der Waals surface area contributed by atoms with Gasteiger partial charge in [0, 0.05) is 37.2 Å². The zero-order valence-corrected chi connectivity index (χ0v) is 15.8. The quantitative estimate of drug-likeness (QED) is 0.831. The Hall–Kier alpha value is -2.57. The predicted octanol–water partition coefficient (Wildman–Crippen LogP) is 4.20. The summed E-state index contributed by atoms with van der Waals surface area (Å²) in [4.78, 5) is 18.3. The Labute approximate surface area is 162 Å². The van der Waals surface area contributed by atoms with Crippen LogP contribution in [0.2, 0.25) is 0 Å². The fourth-order valence-corrected chi connectivity index (χ4v) is 3.36. The van der Waals surface area contributed by atoms with Gasteiger partial charge in [-0.3, -0.25) is 9.78 Å². The van der Waals surface area contributed by atoms with Gasteiger partial charge in [-0.1, -0.05) is 19.1 Å². The van der Waals surface area contributed by atoms with Crippen LogP contribution in [0.5, 0.6) is 0 Å². The Bertz CT molecular complexity index is 800. The van der Waals surface area contributed by atoms with E-state index in [9.17, 15) is 18.0 Å². The normalized spacial score (nSPS) is 15.5. The number of piperidine rings is 1. The van der Waals surface area contributed by atoms with Crippen LogP contribution in [0.3, 0.4) is 0 Å². The molecule has 7 heteroatoms. The van der Waals surface area contributed by atoms with E-state index in [1.807, 2.05) is 4.90 Å². The van der Waals surface area contributed by atoms with Crippen molar-refractivity contribution in [2.75, 3.05) is 18.0 Å². The number of aromatic nitrogens is 1. The zero-order chi connectivity index (χ0) is 20.1. The van der Waals surface area contributed by atoms with Gasteiger partial charge in [-0.15, -0.1) is 0 Å². The number of benzene rings is 1. The standard InChI is InChI=1S/C21H24F3N3O/c1-15-7-10-27(11-8-15)19-12-17(21(22,23)24)6-5-16(19)14-26-20(28)13-18-4-2-3-9-25-18/h2-6,9,12,15H,7-8,10-11,13-14H2,1H3,(H,26,28). The monoisotopic (exact) mass is 391 g/mol. The molecule has 1 amide bonds. The van der Waals surface area contributed by atoms with Gasteiger partial charge in [-0.05, 0) is 48.6 Å². The van der Waals surface area contributed by atoms with E-state index in [-0.39, 0.29) is 18.9 Å². The molecule has 4 nitrogen and oxygen atoms in total. The lowest BCUT2D eigenvalue weighted by Gasteiger charge is -2.34. The maximum absolute atomic E-state index is 13.2. The summed E-state index contributed by atoms with van der Waals surface area (Å²) in [5.41, 5.74) is 1.24. The number of amides is 1. The van der Waals surface area contributed by atoms with Crippen molar-refractivity contribution in [1.29, 1.82) is 0 Å². The molecule has 2 aromatic rings. The van der Waals surface area contributed by atoms with Gasteiger partial charge in [-0.25, -0.2) is 0 Å². The van der Waals surface area contributed by atoms with Crippen LogP contribution in [0.25, 0.3) is 0 Å². The van der Waals surface area contributed by atoms with Gasteiger partial charge < -0.3 is 10.2 Å². The van der Waals surface area contributed by atoms with Gasteiger partial charge in [0.05, 0.1) is 12.0 Å². The highest BCUT2D eigenvalue weighted by atomic mass is 19.4. The molecule has 0 spiro atoms. The highest BCUT2D eigenvalue weighted by molar-refractivity contribution is 5.78. The van der Waals surface area contributed by atoms with E-state index in [2.05, 4.69) is 17.2 Å². The number of pyridine rings is 1. The Morgan fingerprint density at radius 3 is 2.61 bits per heavy atom. The molecule has 1 aliphatic rings. The summed E-state index contributed by atoms with van der Waals surface area (Å²) in [6, 6.07) is 9.10. The summed E-state index contributed by atoms with van der Waals surface area (Å²) in [5, 5.41) is 2.81. The van der Waals surface area contributed by atoms with Gasteiger partial charge >= 0.3 is 6.18 Å². The van der Waals surface area contributed by atoms with Crippen molar-refractivity contribution in [3.8, 4) is 0 Å². The predicted molar refractivity (Wildman–Crippen MR) is 102 cm³/mol. The third-order valence-electron chi connectivity index (χ3n) is 5.08. The molecular weight excluding hydrogens is 367 g/mol. The van der Waals surface area contributed by atoms with Crippen molar-refractivity contribution in [3.05, 3.63) is 59.4 Å². The van der Waals surface area contributed by atoms with Gasteiger partial charge in [0.15, 0.2) is 0 Å². The number of carbonyl (C=O) groups is 1. The van der Waals surface area contributed by atoms with Gasteiger partial charge in [0.25, 0.3) is 0 Å². The maximum Gasteiger partial charge on any atom is 0.416 e. The average Bonchev–Trinajstić information content (AvgIpc) is 2.67. The first-order chi connectivity index (χ1) is 13.3. The molecule has 0 atom stereocenters. The first-order valence-electron chi connectivity index (χ1n) is 9.44. The second-order valence-electron chi connectivity index (χ2n) is 7.29. The van der Waals surface area contributed by atoms with Gasteiger partial charge in [0.2, 0.25) is 5.91 Å². The first-order valence-corrected chi connectivity index (χ1v) is 9.44. The van der Waals surface area contributed by atoms with Crippen LogP contribution < -0.4 is 10.2 Å². The Balaban J connectivity index is 1.74. The molecule has 0 radical (unpaired) electrons. The molecule has 1 N–H and O–H groups in total. The Morgan fingerprint density at radius 2 is 1.96 bits per heavy atom. The second-order valence-corrected chi connectivity index (χ2v) is 7.29. The van der Waals surface area contributed by atoms with Crippen LogP contribution in [-0.2, 0) is 23.9 Å². The first kappa shape index (κ1) is 20.2. The fourth-order valence-electron chi connectivity index (χ4n) is 3.36. The van der Waals surface area contributed by atoms with Crippen molar-refractivity contribution in [1.82, 2.24) is 10.3 Å². The molecule has 1 fully saturated rings. The summed E-state index contributed by atoms with van der Waals surface area (Å²) in [5.74, 6) is 0.361. The molecule has 1 aromatic carbocycles. The van der Waals surface area contributed by atoms with Crippen LogP contribution in [0, 0.1) is 5.92 Å². The maximum atomic E-state index is 13.2. The number of alkyl halides is 3. The summed E-state index contributed by atoms with van der Waals surface area (Å²) in [6.45, 7) is 3.78. The van der Waals surface area contributed by atoms with E-state index in [0.717, 1.165) is 32.0 Å². The topological polar surface area (TPSA) is 45.2 Å². The lowest BCUT2D eigenvalue weighted by Crippen LogP contribution is -2.34. The highest BCUT2D eigenvalue weighted by Gasteiger charge is 2.32. The van der Waals surface area contributed by atoms with Crippen LogP contribution in [0.4, 0.5) is 18.9 Å². The summed E-state index contributed by atoms with van der Waals surface area (Å²) in [6.07, 6.45) is -0.742. The highest BCUT2D eigenvalue weighted by Crippen LogP contribution is 2.35. The second kappa shape index (κ2) is 8.63. The molecule has 2 heterocycles. The largest absolute Gasteiger partial charge is 0.416 e. The number of nitrogens with one attached hydrogen (secondary N) is 1. The third kappa shape index (κ3) is 5.24. The van der Waals surface area contributed by atoms with Crippen molar-refractivity contribution in [2.24, 2.45) is 5.92 Å². The van der Waals surface area contributed by atoms with Crippen molar-refractivity contribution < 1.29 is 18.0 Å². The molecule has 28 heavy (non-hydrogen) atoms. The minimum atomic E-state index is -4.39. The Kier molecular flexibility index (Phi) is 6.21. The smallest absolute Gasteiger partial charge is 0.371 e. The minimum absolute atomic E-state index is 0.137. The summed E-state index contributed by atoms with van der Waals surface area (Å²) >= 11 is 0. The summed E-state index contributed by atoms with van der Waals surface area (Å²) in [7, 11) is 0. The average molecular weight is 391 g/mol. The Morgan fingerprint density at radius 1 is 1.21 bits per heavy atom. The number of nitrogens with zero attached hydrogens (tertiary/aromatic N) is 2. The molecule has 3 rings (SSSR count). The zero-order valence-electron chi connectivity index (χ0n) is 15.8. The number of hydrogen-bond donors (Lipinski definition) is 1. The molecule has 1 saturated heterocycles. The van der Waals surface area contributed by atoms with E-state index >= 15 is 0 Å². The van der Waals surface area contributed by atoms with Crippen LogP contribution >= 0.6 is 0 Å². The minimum Gasteiger partial charge on any atom is -0.371 e. The lowest BCUT2D eigenvalue weighted by atomic mass is 9.97. The molecule has 0 saturated carbocycles. The molecule has 0 unspecified atom stereocenters. The molecule has 1 aromatic heterocycles. The number of halogens is 3. The van der Waals surface area contributed by atoms with Crippen molar-refractivity contribution in [2.45, 2.75) is 38.9 Å². The molecular formula is C21H24F3N3O. The molecule has 0 aliphatic carbocycles. The summed E-state index contributed by atoms with van der Waals surface area (Å²) < 4.78 is 39.6.